The monoisotopic (exact) mass is 388 g/mol. The number of phenols is 2. The van der Waals surface area contributed by atoms with Crippen LogP contribution in [0.2, 0.25) is 10.0 Å². The predicted octanol–water partition coefficient (Wildman–Crippen LogP) is 3.33. The number of benzene rings is 2. The van der Waals surface area contributed by atoms with Gasteiger partial charge in [0.15, 0.2) is 5.75 Å². The number of aryl methyl sites for hydroxylation is 2. The highest BCUT2D eigenvalue weighted by atomic mass is 35.5. The molecule has 2 aromatic carbocycles. The Labute approximate surface area is 149 Å². The highest BCUT2D eigenvalue weighted by Crippen LogP contribution is 2.40. The van der Waals surface area contributed by atoms with E-state index in [1.807, 2.05) is 11.8 Å². The molecule has 0 bridgehead atoms. The summed E-state index contributed by atoms with van der Waals surface area (Å²) in [6, 6.07) is 5.88. The minimum Gasteiger partial charge on any atom is -0.506 e. The Bertz CT molecular complexity index is 928. The van der Waals surface area contributed by atoms with Crippen molar-refractivity contribution < 1.29 is 18.6 Å². The standard InChI is InChI=1S/C15H14Cl2N2O4S/c1-8-3-4-11(5-9(8)2)24(22,23)19-18-7-10-6-12(16)15(21)13(17)14(10)20/h3-7,19-21H,1-2H3/b18-7+. The van der Waals surface area contributed by atoms with E-state index in [-0.39, 0.29) is 20.5 Å². The van der Waals surface area contributed by atoms with Gasteiger partial charge in [-0.2, -0.15) is 13.5 Å². The minimum absolute atomic E-state index is 0.0468. The maximum absolute atomic E-state index is 12.2. The molecule has 0 atom stereocenters. The molecular formula is C15H14Cl2N2O4S. The number of hydrogen-bond acceptors (Lipinski definition) is 5. The molecule has 2 aromatic rings. The van der Waals surface area contributed by atoms with Gasteiger partial charge in [0, 0.05) is 5.56 Å². The molecule has 2 rings (SSSR count). The fourth-order valence-electron chi connectivity index (χ4n) is 1.81. The Kier molecular flexibility index (Phi) is 5.27. The summed E-state index contributed by atoms with van der Waals surface area (Å²) in [5.41, 5.74) is 1.85. The first-order valence-corrected chi connectivity index (χ1v) is 8.89. The van der Waals surface area contributed by atoms with Gasteiger partial charge in [-0.3, -0.25) is 0 Å². The highest BCUT2D eigenvalue weighted by Gasteiger charge is 2.15. The molecule has 3 N–H and O–H groups in total. The number of aromatic hydroxyl groups is 2. The summed E-state index contributed by atoms with van der Waals surface area (Å²) in [5.74, 6) is -0.934. The molecular weight excluding hydrogens is 375 g/mol. The third-order valence-electron chi connectivity index (χ3n) is 3.36. The molecule has 0 aromatic heterocycles. The van der Waals surface area contributed by atoms with Crippen LogP contribution in [-0.4, -0.2) is 24.8 Å². The number of sulfonamides is 1. The zero-order valence-electron chi connectivity index (χ0n) is 12.7. The third kappa shape index (κ3) is 3.75. The van der Waals surface area contributed by atoms with Gasteiger partial charge in [-0.25, -0.2) is 4.83 Å². The molecule has 128 valence electrons. The molecule has 0 fully saturated rings. The second kappa shape index (κ2) is 6.88. The number of nitrogens with one attached hydrogen (secondary N) is 1. The smallest absolute Gasteiger partial charge is 0.276 e. The largest absolute Gasteiger partial charge is 0.506 e. The van der Waals surface area contributed by atoms with Crippen LogP contribution in [0.3, 0.4) is 0 Å². The van der Waals surface area contributed by atoms with Crippen molar-refractivity contribution in [3.05, 3.63) is 51.0 Å². The van der Waals surface area contributed by atoms with Crippen LogP contribution in [0.1, 0.15) is 16.7 Å². The topological polar surface area (TPSA) is 99.0 Å². The number of nitrogens with zero attached hydrogens (tertiary/aromatic N) is 1. The van der Waals surface area contributed by atoms with Crippen molar-refractivity contribution in [2.24, 2.45) is 5.10 Å². The van der Waals surface area contributed by atoms with Gasteiger partial charge in [-0.15, -0.1) is 0 Å². The second-order valence-electron chi connectivity index (χ2n) is 5.06. The number of hydrogen-bond donors (Lipinski definition) is 3. The molecule has 0 saturated carbocycles. The molecule has 0 amide bonds. The van der Waals surface area contributed by atoms with Gasteiger partial charge in [-0.1, -0.05) is 29.3 Å². The van der Waals surface area contributed by atoms with Crippen LogP contribution in [-0.2, 0) is 10.0 Å². The van der Waals surface area contributed by atoms with E-state index in [2.05, 4.69) is 5.10 Å². The van der Waals surface area contributed by atoms with Gasteiger partial charge in [0.25, 0.3) is 10.0 Å². The average molecular weight is 389 g/mol. The summed E-state index contributed by atoms with van der Waals surface area (Å²) in [5, 5.41) is 22.4. The zero-order chi connectivity index (χ0) is 18.1. The van der Waals surface area contributed by atoms with E-state index in [9.17, 15) is 18.6 Å². The van der Waals surface area contributed by atoms with E-state index in [0.29, 0.717) is 0 Å². The summed E-state index contributed by atoms with van der Waals surface area (Å²) in [7, 11) is -3.86. The number of rotatable bonds is 4. The van der Waals surface area contributed by atoms with E-state index in [1.165, 1.54) is 18.2 Å². The number of phenolic OH excluding ortho intramolecular Hbond substituents is 2. The molecule has 0 spiro atoms. The van der Waals surface area contributed by atoms with Crippen molar-refractivity contribution in [1.82, 2.24) is 4.83 Å². The highest BCUT2D eigenvalue weighted by molar-refractivity contribution is 7.89. The lowest BCUT2D eigenvalue weighted by molar-refractivity contribution is 0.450. The molecule has 0 aliphatic carbocycles. The Morgan fingerprint density at radius 2 is 1.75 bits per heavy atom. The van der Waals surface area contributed by atoms with E-state index in [4.69, 9.17) is 23.2 Å². The molecule has 24 heavy (non-hydrogen) atoms. The molecule has 0 saturated heterocycles. The van der Waals surface area contributed by atoms with Crippen LogP contribution in [0.25, 0.3) is 0 Å². The summed E-state index contributed by atoms with van der Waals surface area (Å²) in [4.78, 5) is 2.10. The van der Waals surface area contributed by atoms with Crippen LogP contribution < -0.4 is 4.83 Å². The van der Waals surface area contributed by atoms with Gasteiger partial charge < -0.3 is 10.2 Å². The van der Waals surface area contributed by atoms with Crippen LogP contribution in [0.5, 0.6) is 11.5 Å². The Morgan fingerprint density at radius 1 is 1.08 bits per heavy atom. The summed E-state index contributed by atoms with van der Waals surface area (Å²) >= 11 is 11.4. The zero-order valence-corrected chi connectivity index (χ0v) is 15.0. The first kappa shape index (κ1) is 18.4. The summed E-state index contributed by atoms with van der Waals surface area (Å²) in [6.07, 6.45) is 1.03. The van der Waals surface area contributed by atoms with E-state index >= 15 is 0 Å². The normalized spacial score (nSPS) is 11.8. The molecule has 0 radical (unpaired) electrons. The Hall–Kier alpha value is -1.96. The second-order valence-corrected chi connectivity index (χ2v) is 7.50. The lowest BCUT2D eigenvalue weighted by Gasteiger charge is -2.07. The minimum atomic E-state index is -3.86. The molecule has 0 unspecified atom stereocenters. The quantitative estimate of drug-likeness (QED) is 0.552. The van der Waals surface area contributed by atoms with Crippen LogP contribution in [0.4, 0.5) is 0 Å². The molecule has 0 aliphatic heterocycles. The molecule has 0 heterocycles. The Morgan fingerprint density at radius 3 is 2.38 bits per heavy atom. The van der Waals surface area contributed by atoms with Gasteiger partial charge in [0.1, 0.15) is 10.8 Å². The fourth-order valence-corrected chi connectivity index (χ4v) is 3.16. The third-order valence-corrected chi connectivity index (χ3v) is 5.23. The van der Waals surface area contributed by atoms with Crippen LogP contribution in [0.15, 0.2) is 34.3 Å². The van der Waals surface area contributed by atoms with Crippen LogP contribution in [0, 0.1) is 13.8 Å². The van der Waals surface area contributed by atoms with E-state index < -0.39 is 21.5 Å². The first-order chi connectivity index (χ1) is 11.1. The fraction of sp³-hybridized carbons (Fsp3) is 0.133. The lowest BCUT2D eigenvalue weighted by atomic mass is 10.1. The van der Waals surface area contributed by atoms with Crippen molar-refractivity contribution in [3.63, 3.8) is 0 Å². The Balaban J connectivity index is 2.26. The average Bonchev–Trinajstić information content (AvgIpc) is 2.52. The van der Waals surface area contributed by atoms with Gasteiger partial charge in [-0.05, 0) is 43.2 Å². The SMILES string of the molecule is Cc1ccc(S(=O)(=O)N/N=C/c2cc(Cl)c(O)c(Cl)c2O)cc1C. The number of halogens is 2. The van der Waals surface area contributed by atoms with Gasteiger partial charge in [0.05, 0.1) is 16.1 Å². The maximum Gasteiger partial charge on any atom is 0.276 e. The van der Waals surface area contributed by atoms with E-state index in [1.54, 1.807) is 13.0 Å². The number of hydrazone groups is 1. The van der Waals surface area contributed by atoms with Gasteiger partial charge >= 0.3 is 0 Å². The van der Waals surface area contributed by atoms with Crippen molar-refractivity contribution in [1.29, 1.82) is 0 Å². The molecule has 6 nitrogen and oxygen atoms in total. The molecule has 9 heteroatoms. The summed E-state index contributed by atoms with van der Waals surface area (Å²) < 4.78 is 24.4. The van der Waals surface area contributed by atoms with Crippen molar-refractivity contribution in [3.8, 4) is 11.5 Å². The lowest BCUT2D eigenvalue weighted by Crippen LogP contribution is -2.18. The maximum atomic E-state index is 12.2. The van der Waals surface area contributed by atoms with Gasteiger partial charge in [0.2, 0.25) is 0 Å². The van der Waals surface area contributed by atoms with Crippen LogP contribution >= 0.6 is 23.2 Å². The van der Waals surface area contributed by atoms with Crippen molar-refractivity contribution in [2.75, 3.05) is 0 Å². The van der Waals surface area contributed by atoms with Crippen molar-refractivity contribution >= 4 is 39.4 Å². The molecule has 0 aliphatic rings. The summed E-state index contributed by atoms with van der Waals surface area (Å²) in [6.45, 7) is 3.68. The first-order valence-electron chi connectivity index (χ1n) is 6.65. The predicted molar refractivity (Wildman–Crippen MR) is 93.6 cm³/mol. The van der Waals surface area contributed by atoms with Crippen molar-refractivity contribution in [2.45, 2.75) is 18.7 Å². The van der Waals surface area contributed by atoms with E-state index in [0.717, 1.165) is 17.3 Å².